The van der Waals surface area contributed by atoms with E-state index in [0.717, 1.165) is 22.4 Å². The zero-order valence-corrected chi connectivity index (χ0v) is 19.0. The Morgan fingerprint density at radius 1 is 1.00 bits per heavy atom. The van der Waals surface area contributed by atoms with Crippen LogP contribution in [0.3, 0.4) is 0 Å². The maximum Gasteiger partial charge on any atom is 0.237 e. The fourth-order valence-corrected chi connectivity index (χ4v) is 3.96. The first-order valence-corrected chi connectivity index (χ1v) is 10.9. The number of aromatic nitrogens is 5. The predicted molar refractivity (Wildman–Crippen MR) is 120 cm³/mol. The summed E-state index contributed by atoms with van der Waals surface area (Å²) in [6, 6.07) is 13.2. The van der Waals surface area contributed by atoms with Gasteiger partial charge in [0, 0.05) is 5.69 Å². The highest BCUT2D eigenvalue weighted by Crippen LogP contribution is 2.32. The Balaban J connectivity index is 1.52. The van der Waals surface area contributed by atoms with Gasteiger partial charge in [-0.2, -0.15) is 4.98 Å². The van der Waals surface area contributed by atoms with E-state index in [9.17, 15) is 0 Å². The molecule has 0 saturated heterocycles. The zero-order valence-electron chi connectivity index (χ0n) is 18.2. The Hall–Kier alpha value is -3.53. The van der Waals surface area contributed by atoms with Crippen molar-refractivity contribution in [3.63, 3.8) is 0 Å². The second kappa shape index (κ2) is 9.73. The summed E-state index contributed by atoms with van der Waals surface area (Å²) < 4.78 is 23.7. The van der Waals surface area contributed by atoms with Crippen molar-refractivity contribution in [1.82, 2.24) is 24.9 Å². The lowest BCUT2D eigenvalue weighted by molar-refractivity contribution is 0.340. The first kappa shape index (κ1) is 21.7. The van der Waals surface area contributed by atoms with Gasteiger partial charge in [0.15, 0.2) is 5.16 Å². The molecule has 32 heavy (non-hydrogen) atoms. The molecular formula is C22H23N5O4S. The van der Waals surface area contributed by atoms with Gasteiger partial charge in [0.2, 0.25) is 11.7 Å². The van der Waals surface area contributed by atoms with E-state index in [1.807, 2.05) is 54.8 Å². The molecule has 0 N–H and O–H groups in total. The first-order chi connectivity index (χ1) is 15.6. The summed E-state index contributed by atoms with van der Waals surface area (Å²) in [4.78, 5) is 4.51. The number of aryl methyl sites for hydroxylation is 1. The number of nitrogens with zero attached hydrogens (tertiary/aromatic N) is 5. The van der Waals surface area contributed by atoms with Crippen molar-refractivity contribution >= 4 is 11.8 Å². The number of hydrogen-bond acceptors (Lipinski definition) is 9. The van der Waals surface area contributed by atoms with E-state index in [1.54, 1.807) is 20.3 Å². The standard InChI is InChI=1S/C22H23N5O4S/c1-5-30-16-8-6-15(7-9-16)27-14(2)24-25-22(27)32-13-20-23-21(26-31-20)18-12-17(28-3)10-11-19(18)29-4/h6-12H,5,13H2,1-4H3. The maximum atomic E-state index is 5.52. The van der Waals surface area contributed by atoms with Crippen LogP contribution in [-0.4, -0.2) is 45.7 Å². The van der Waals surface area contributed by atoms with Gasteiger partial charge < -0.3 is 18.7 Å². The van der Waals surface area contributed by atoms with Crippen molar-refractivity contribution < 1.29 is 18.7 Å². The van der Waals surface area contributed by atoms with Gasteiger partial charge in [-0.15, -0.1) is 10.2 Å². The van der Waals surface area contributed by atoms with Crippen molar-refractivity contribution in [2.45, 2.75) is 24.8 Å². The molecule has 4 rings (SSSR count). The second-order valence-electron chi connectivity index (χ2n) is 6.66. The van der Waals surface area contributed by atoms with Crippen molar-refractivity contribution in [3.8, 4) is 34.3 Å². The molecule has 10 heteroatoms. The van der Waals surface area contributed by atoms with Crippen LogP contribution in [-0.2, 0) is 5.75 Å². The molecule has 0 radical (unpaired) electrons. The van der Waals surface area contributed by atoms with Gasteiger partial charge in [0.05, 0.1) is 32.1 Å². The molecule has 4 aromatic rings. The number of ether oxygens (including phenoxy) is 3. The fourth-order valence-electron chi connectivity index (χ4n) is 3.13. The molecule has 0 amide bonds. The van der Waals surface area contributed by atoms with Gasteiger partial charge in [-0.3, -0.25) is 4.57 Å². The molecule has 0 bridgehead atoms. The van der Waals surface area contributed by atoms with Crippen LogP contribution in [0.4, 0.5) is 0 Å². The third kappa shape index (κ3) is 4.54. The van der Waals surface area contributed by atoms with E-state index in [-0.39, 0.29) is 0 Å². The van der Waals surface area contributed by atoms with Crippen LogP contribution < -0.4 is 14.2 Å². The minimum Gasteiger partial charge on any atom is -0.497 e. The zero-order chi connectivity index (χ0) is 22.5. The Labute approximate surface area is 189 Å². The van der Waals surface area contributed by atoms with Gasteiger partial charge in [0.25, 0.3) is 0 Å². The van der Waals surface area contributed by atoms with Gasteiger partial charge in [-0.05, 0) is 56.3 Å². The lowest BCUT2D eigenvalue weighted by Crippen LogP contribution is -2.00. The van der Waals surface area contributed by atoms with Crippen LogP contribution in [0.25, 0.3) is 17.1 Å². The van der Waals surface area contributed by atoms with Gasteiger partial charge in [-0.1, -0.05) is 16.9 Å². The Kier molecular flexibility index (Phi) is 6.60. The van der Waals surface area contributed by atoms with Crippen LogP contribution in [0.15, 0.2) is 52.1 Å². The maximum absolute atomic E-state index is 5.52. The van der Waals surface area contributed by atoms with E-state index in [2.05, 4.69) is 20.3 Å². The summed E-state index contributed by atoms with van der Waals surface area (Å²) in [6.45, 7) is 4.49. The minimum absolute atomic E-state index is 0.431. The predicted octanol–water partition coefficient (Wildman–Crippen LogP) is 4.33. The van der Waals surface area contributed by atoms with Gasteiger partial charge >= 0.3 is 0 Å². The molecule has 0 spiro atoms. The number of benzene rings is 2. The number of methoxy groups -OCH3 is 2. The summed E-state index contributed by atoms with van der Waals surface area (Å²) in [7, 11) is 3.20. The highest BCUT2D eigenvalue weighted by Gasteiger charge is 2.17. The average molecular weight is 454 g/mol. The van der Waals surface area contributed by atoms with Crippen LogP contribution in [0.5, 0.6) is 17.2 Å². The Morgan fingerprint density at radius 3 is 2.50 bits per heavy atom. The minimum atomic E-state index is 0.431. The second-order valence-corrected chi connectivity index (χ2v) is 7.60. The molecule has 0 aliphatic heterocycles. The smallest absolute Gasteiger partial charge is 0.237 e. The number of thioether (sulfide) groups is 1. The largest absolute Gasteiger partial charge is 0.497 e. The lowest BCUT2D eigenvalue weighted by atomic mass is 10.2. The molecule has 0 aliphatic rings. The molecular weight excluding hydrogens is 430 g/mol. The van der Waals surface area contributed by atoms with E-state index in [1.165, 1.54) is 11.8 Å². The topological polar surface area (TPSA) is 97.3 Å². The summed E-state index contributed by atoms with van der Waals surface area (Å²) in [5, 5.41) is 13.4. The van der Waals surface area contributed by atoms with E-state index < -0.39 is 0 Å². The first-order valence-electron chi connectivity index (χ1n) is 9.96. The van der Waals surface area contributed by atoms with Crippen molar-refractivity contribution in [3.05, 3.63) is 54.2 Å². The molecule has 2 aromatic carbocycles. The van der Waals surface area contributed by atoms with E-state index >= 15 is 0 Å². The van der Waals surface area contributed by atoms with Crippen molar-refractivity contribution in [2.24, 2.45) is 0 Å². The highest BCUT2D eigenvalue weighted by atomic mass is 32.2. The van der Waals surface area contributed by atoms with Crippen LogP contribution in [0.1, 0.15) is 18.6 Å². The third-order valence-corrected chi connectivity index (χ3v) is 5.56. The molecule has 9 nitrogen and oxygen atoms in total. The average Bonchev–Trinajstić information content (AvgIpc) is 3.44. The quantitative estimate of drug-likeness (QED) is 0.343. The van der Waals surface area contributed by atoms with Crippen molar-refractivity contribution in [2.75, 3.05) is 20.8 Å². The monoisotopic (exact) mass is 453 g/mol. The fraction of sp³-hybridized carbons (Fsp3) is 0.273. The molecule has 0 fully saturated rings. The molecule has 0 atom stereocenters. The summed E-state index contributed by atoms with van der Waals surface area (Å²) in [5.74, 6) is 4.26. The molecule has 0 aliphatic carbocycles. The molecule has 0 unspecified atom stereocenters. The molecule has 2 heterocycles. The van der Waals surface area contributed by atoms with Crippen LogP contribution in [0, 0.1) is 6.92 Å². The number of rotatable bonds is 9. The van der Waals surface area contributed by atoms with Crippen LogP contribution in [0.2, 0.25) is 0 Å². The van der Waals surface area contributed by atoms with E-state index in [4.69, 9.17) is 18.7 Å². The van der Waals surface area contributed by atoms with E-state index in [0.29, 0.717) is 41.1 Å². The SMILES string of the molecule is CCOc1ccc(-n2c(C)nnc2SCc2nc(-c3cc(OC)ccc3OC)no2)cc1. The summed E-state index contributed by atoms with van der Waals surface area (Å²) in [6.07, 6.45) is 0. The Morgan fingerprint density at radius 2 is 1.78 bits per heavy atom. The van der Waals surface area contributed by atoms with Crippen molar-refractivity contribution in [1.29, 1.82) is 0 Å². The summed E-state index contributed by atoms with van der Waals surface area (Å²) in [5.41, 5.74) is 1.64. The molecule has 0 saturated carbocycles. The summed E-state index contributed by atoms with van der Waals surface area (Å²) >= 11 is 1.46. The van der Waals surface area contributed by atoms with Crippen LogP contribution >= 0.6 is 11.8 Å². The normalized spacial score (nSPS) is 10.9. The highest BCUT2D eigenvalue weighted by molar-refractivity contribution is 7.98. The molecule has 2 aromatic heterocycles. The third-order valence-electron chi connectivity index (χ3n) is 4.64. The Bertz CT molecular complexity index is 1190. The lowest BCUT2D eigenvalue weighted by Gasteiger charge is -2.09. The number of hydrogen-bond donors (Lipinski definition) is 0. The van der Waals surface area contributed by atoms with Gasteiger partial charge in [0.1, 0.15) is 23.1 Å². The van der Waals surface area contributed by atoms with Gasteiger partial charge in [-0.25, -0.2) is 0 Å². The molecule has 166 valence electrons.